The molecule has 0 radical (unpaired) electrons. The van der Waals surface area contributed by atoms with Gasteiger partial charge in [0.2, 0.25) is 0 Å². The van der Waals surface area contributed by atoms with E-state index in [1.807, 2.05) is 6.92 Å². The zero-order chi connectivity index (χ0) is 11.3. The van der Waals surface area contributed by atoms with Crippen molar-refractivity contribution < 1.29 is 0 Å². The first-order valence-electron chi connectivity index (χ1n) is 5.60. The first kappa shape index (κ1) is 12.0. The molecule has 1 aromatic rings. The highest BCUT2D eigenvalue weighted by Crippen LogP contribution is 2.16. The third-order valence-electron chi connectivity index (χ3n) is 2.75. The van der Waals surface area contributed by atoms with Gasteiger partial charge in [-0.15, -0.1) is 0 Å². The van der Waals surface area contributed by atoms with Crippen LogP contribution in [0.25, 0.3) is 0 Å². The Bertz CT molecular complexity index is 320. The Balaban J connectivity index is 2.72. The molecule has 82 valence electrons. The minimum Gasteiger partial charge on any atom is -0.327 e. The van der Waals surface area contributed by atoms with Crippen LogP contribution in [0.3, 0.4) is 0 Å². The molecule has 1 heteroatoms. The predicted molar refractivity (Wildman–Crippen MR) is 67.0 cm³/mol. The van der Waals surface area contributed by atoms with Gasteiger partial charge in [0.05, 0.1) is 0 Å². The van der Waals surface area contributed by atoms with Crippen LogP contribution in [0.1, 0.15) is 37.8 Å². The maximum absolute atomic E-state index is 5.64. The standard InChI is InChI=1S/C14H21N/c1-4-12(10-15)9-13-5-7-14(8-6-13)11(2)3/h4-8,11H,9-10,15H2,1-3H3/b12-4-. The Morgan fingerprint density at radius 2 is 1.87 bits per heavy atom. The lowest BCUT2D eigenvalue weighted by atomic mass is 9.99. The molecule has 0 amide bonds. The molecular formula is C14H21N. The topological polar surface area (TPSA) is 26.0 Å². The van der Waals surface area contributed by atoms with Gasteiger partial charge < -0.3 is 5.73 Å². The summed E-state index contributed by atoms with van der Waals surface area (Å²) >= 11 is 0. The van der Waals surface area contributed by atoms with Crippen LogP contribution in [0, 0.1) is 0 Å². The third kappa shape index (κ3) is 3.52. The van der Waals surface area contributed by atoms with E-state index in [0.29, 0.717) is 12.5 Å². The van der Waals surface area contributed by atoms with Crippen molar-refractivity contribution in [2.45, 2.75) is 33.1 Å². The number of nitrogens with two attached hydrogens (primary N) is 1. The van der Waals surface area contributed by atoms with Crippen molar-refractivity contribution in [2.24, 2.45) is 5.73 Å². The lowest BCUT2D eigenvalue weighted by Gasteiger charge is -2.08. The first-order chi connectivity index (χ1) is 7.17. The fourth-order valence-electron chi connectivity index (χ4n) is 1.57. The number of hydrogen-bond donors (Lipinski definition) is 1. The van der Waals surface area contributed by atoms with E-state index >= 15 is 0 Å². The van der Waals surface area contributed by atoms with Crippen molar-refractivity contribution in [1.29, 1.82) is 0 Å². The number of hydrogen-bond acceptors (Lipinski definition) is 1. The van der Waals surface area contributed by atoms with Gasteiger partial charge in [0.25, 0.3) is 0 Å². The molecule has 0 aromatic heterocycles. The van der Waals surface area contributed by atoms with Gasteiger partial charge in [-0.05, 0) is 30.4 Å². The van der Waals surface area contributed by atoms with Gasteiger partial charge in [-0.3, -0.25) is 0 Å². The molecule has 0 atom stereocenters. The summed E-state index contributed by atoms with van der Waals surface area (Å²) in [5.74, 6) is 0.606. The number of allylic oxidation sites excluding steroid dienone is 1. The summed E-state index contributed by atoms with van der Waals surface area (Å²) in [7, 11) is 0. The second kappa shape index (κ2) is 5.72. The summed E-state index contributed by atoms with van der Waals surface area (Å²) in [6.45, 7) is 7.13. The van der Waals surface area contributed by atoms with Gasteiger partial charge in [-0.25, -0.2) is 0 Å². The Morgan fingerprint density at radius 1 is 1.27 bits per heavy atom. The molecular weight excluding hydrogens is 182 g/mol. The molecule has 0 unspecified atom stereocenters. The molecule has 2 N–H and O–H groups in total. The highest BCUT2D eigenvalue weighted by Gasteiger charge is 2.00. The molecule has 0 saturated heterocycles. The van der Waals surface area contributed by atoms with E-state index < -0.39 is 0 Å². The minimum absolute atomic E-state index is 0.606. The first-order valence-corrected chi connectivity index (χ1v) is 5.60. The van der Waals surface area contributed by atoms with Crippen LogP contribution in [0.2, 0.25) is 0 Å². The van der Waals surface area contributed by atoms with Crippen LogP contribution >= 0.6 is 0 Å². The second-order valence-corrected chi connectivity index (χ2v) is 4.22. The van der Waals surface area contributed by atoms with E-state index in [1.54, 1.807) is 0 Å². The monoisotopic (exact) mass is 203 g/mol. The van der Waals surface area contributed by atoms with E-state index in [2.05, 4.69) is 44.2 Å². The van der Waals surface area contributed by atoms with Crippen molar-refractivity contribution in [2.75, 3.05) is 6.54 Å². The highest BCUT2D eigenvalue weighted by molar-refractivity contribution is 5.28. The third-order valence-corrected chi connectivity index (χ3v) is 2.75. The van der Waals surface area contributed by atoms with Gasteiger partial charge >= 0.3 is 0 Å². The van der Waals surface area contributed by atoms with Gasteiger partial charge in [0.15, 0.2) is 0 Å². The van der Waals surface area contributed by atoms with Gasteiger partial charge in [-0.2, -0.15) is 0 Å². The molecule has 15 heavy (non-hydrogen) atoms. The number of benzene rings is 1. The summed E-state index contributed by atoms with van der Waals surface area (Å²) in [6, 6.07) is 8.83. The maximum Gasteiger partial charge on any atom is 0.0140 e. The predicted octanol–water partition coefficient (Wildman–Crippen LogP) is 3.26. The quantitative estimate of drug-likeness (QED) is 0.747. The summed E-state index contributed by atoms with van der Waals surface area (Å²) in [5.41, 5.74) is 9.68. The van der Waals surface area contributed by atoms with E-state index in [1.165, 1.54) is 16.7 Å². The van der Waals surface area contributed by atoms with E-state index in [9.17, 15) is 0 Å². The SMILES string of the molecule is C/C=C(\CN)Cc1ccc(C(C)C)cc1. The summed E-state index contributed by atoms with van der Waals surface area (Å²) in [4.78, 5) is 0. The van der Waals surface area contributed by atoms with E-state index in [4.69, 9.17) is 5.73 Å². The molecule has 0 bridgehead atoms. The number of rotatable bonds is 4. The maximum atomic E-state index is 5.64. The normalized spacial score (nSPS) is 12.2. The molecule has 0 aliphatic carbocycles. The van der Waals surface area contributed by atoms with Crippen molar-refractivity contribution in [3.63, 3.8) is 0 Å². The minimum atomic E-state index is 0.606. The molecule has 0 fully saturated rings. The Hall–Kier alpha value is -1.08. The Kier molecular flexibility index (Phi) is 4.57. The average Bonchev–Trinajstić information content (AvgIpc) is 2.26. The van der Waals surface area contributed by atoms with Crippen LogP contribution in [-0.2, 0) is 6.42 Å². The van der Waals surface area contributed by atoms with Crippen molar-refractivity contribution >= 4 is 0 Å². The molecule has 1 aromatic carbocycles. The second-order valence-electron chi connectivity index (χ2n) is 4.22. The van der Waals surface area contributed by atoms with Crippen LogP contribution in [0.4, 0.5) is 0 Å². The molecule has 0 spiro atoms. The molecule has 0 aliphatic heterocycles. The smallest absolute Gasteiger partial charge is 0.0140 e. The lowest BCUT2D eigenvalue weighted by molar-refractivity contribution is 0.865. The van der Waals surface area contributed by atoms with Gasteiger partial charge in [0.1, 0.15) is 0 Å². The van der Waals surface area contributed by atoms with Crippen LogP contribution in [-0.4, -0.2) is 6.54 Å². The van der Waals surface area contributed by atoms with Crippen LogP contribution < -0.4 is 5.73 Å². The van der Waals surface area contributed by atoms with Crippen molar-refractivity contribution in [3.05, 3.63) is 47.0 Å². The largest absolute Gasteiger partial charge is 0.327 e. The van der Waals surface area contributed by atoms with Crippen molar-refractivity contribution in [3.8, 4) is 0 Å². The molecule has 1 nitrogen and oxygen atoms in total. The van der Waals surface area contributed by atoms with Gasteiger partial charge in [0, 0.05) is 6.54 Å². The van der Waals surface area contributed by atoms with E-state index in [-0.39, 0.29) is 0 Å². The molecule has 0 saturated carbocycles. The fraction of sp³-hybridized carbons (Fsp3) is 0.429. The summed E-state index contributed by atoms with van der Waals surface area (Å²) in [6.07, 6.45) is 3.09. The van der Waals surface area contributed by atoms with Crippen LogP contribution in [0.5, 0.6) is 0 Å². The van der Waals surface area contributed by atoms with E-state index in [0.717, 1.165) is 6.42 Å². The average molecular weight is 203 g/mol. The molecule has 0 heterocycles. The fourth-order valence-corrected chi connectivity index (χ4v) is 1.57. The Morgan fingerprint density at radius 3 is 2.27 bits per heavy atom. The summed E-state index contributed by atoms with van der Waals surface area (Å²) < 4.78 is 0. The Labute approximate surface area is 93.0 Å². The van der Waals surface area contributed by atoms with Crippen LogP contribution in [0.15, 0.2) is 35.9 Å². The van der Waals surface area contributed by atoms with Gasteiger partial charge in [-0.1, -0.05) is 49.8 Å². The van der Waals surface area contributed by atoms with Crippen molar-refractivity contribution in [1.82, 2.24) is 0 Å². The molecule has 1 rings (SSSR count). The highest BCUT2D eigenvalue weighted by atomic mass is 14.5. The summed E-state index contributed by atoms with van der Waals surface area (Å²) in [5, 5.41) is 0. The lowest BCUT2D eigenvalue weighted by Crippen LogP contribution is -2.05. The molecule has 0 aliphatic rings. The zero-order valence-corrected chi connectivity index (χ0v) is 9.96. The zero-order valence-electron chi connectivity index (χ0n) is 9.96.